The highest BCUT2D eigenvalue weighted by Gasteiger charge is 2.19. The first-order chi connectivity index (χ1) is 14.1. The number of thiazole rings is 1. The Hall–Kier alpha value is -3.32. The summed E-state index contributed by atoms with van der Waals surface area (Å²) < 4.78 is 11.6. The number of anilines is 2. The molecule has 146 valence electrons. The zero-order chi connectivity index (χ0) is 20.0. The molecule has 6 nitrogen and oxygen atoms in total. The Balaban J connectivity index is 1.43. The maximum absolute atomic E-state index is 12.5. The smallest absolute Gasteiger partial charge is 0.325 e. The predicted octanol–water partition coefficient (Wildman–Crippen LogP) is 5.21. The number of ether oxygens (including phenoxy) is 2. The van der Waals surface area contributed by atoms with Crippen molar-refractivity contribution in [2.45, 2.75) is 12.8 Å². The minimum absolute atomic E-state index is 0.364. The van der Waals surface area contributed by atoms with Gasteiger partial charge in [0.15, 0.2) is 5.13 Å². The van der Waals surface area contributed by atoms with Gasteiger partial charge >= 0.3 is 6.03 Å². The molecule has 1 aliphatic carbocycles. The first kappa shape index (κ1) is 17.8. The Morgan fingerprint density at radius 3 is 2.52 bits per heavy atom. The first-order valence-corrected chi connectivity index (χ1v) is 10.1. The van der Waals surface area contributed by atoms with Gasteiger partial charge in [0.25, 0.3) is 0 Å². The maximum atomic E-state index is 12.5. The molecule has 1 aliphatic rings. The molecule has 7 heteroatoms. The average molecular weight is 405 g/mol. The van der Waals surface area contributed by atoms with E-state index in [9.17, 15) is 4.79 Å². The minimum Gasteiger partial charge on any atom is -0.497 e. The van der Waals surface area contributed by atoms with Crippen molar-refractivity contribution in [1.82, 2.24) is 4.98 Å². The number of hydrogen-bond acceptors (Lipinski definition) is 5. The summed E-state index contributed by atoms with van der Waals surface area (Å²) in [5.74, 6) is 1.20. The molecule has 2 amide bonds. The van der Waals surface area contributed by atoms with Crippen LogP contribution in [0.5, 0.6) is 11.5 Å². The van der Waals surface area contributed by atoms with Crippen LogP contribution < -0.4 is 20.1 Å². The highest BCUT2D eigenvalue weighted by molar-refractivity contribution is 7.22. The lowest BCUT2D eigenvalue weighted by Crippen LogP contribution is -2.19. The zero-order valence-corrected chi connectivity index (χ0v) is 16.9. The van der Waals surface area contributed by atoms with Gasteiger partial charge in [-0.2, -0.15) is 0 Å². The molecule has 1 heterocycles. The number of carbonyl (C=O) groups excluding carboxylic acids is 1. The normalized spacial score (nSPS) is 12.3. The molecule has 0 radical (unpaired) electrons. The number of nitrogens with zero attached hydrogens (tertiary/aromatic N) is 1. The second-order valence-electron chi connectivity index (χ2n) is 6.92. The maximum Gasteiger partial charge on any atom is 0.325 e. The van der Waals surface area contributed by atoms with Gasteiger partial charge in [-0.05, 0) is 35.4 Å². The molecule has 5 rings (SSSR count). The van der Waals surface area contributed by atoms with E-state index in [2.05, 4.69) is 34.9 Å². The number of nitrogens with one attached hydrogen (secondary N) is 2. The lowest BCUT2D eigenvalue weighted by atomic mass is 10.0. The largest absolute Gasteiger partial charge is 0.497 e. The molecule has 29 heavy (non-hydrogen) atoms. The minimum atomic E-state index is -0.364. The Kier molecular flexibility index (Phi) is 4.24. The zero-order valence-electron chi connectivity index (χ0n) is 16.0. The SMILES string of the molecule is COc1cc(NC(=O)Nc2nc3c(cc4c5c(cccc53)CC4)s2)cc(OC)c1. The predicted molar refractivity (Wildman–Crippen MR) is 117 cm³/mol. The lowest BCUT2D eigenvalue weighted by Gasteiger charge is -2.09. The van der Waals surface area contributed by atoms with Gasteiger partial charge in [0.05, 0.1) is 24.4 Å². The molecule has 0 atom stereocenters. The van der Waals surface area contributed by atoms with Crippen molar-refractivity contribution in [2.75, 3.05) is 24.9 Å². The third kappa shape index (κ3) is 3.13. The summed E-state index contributed by atoms with van der Waals surface area (Å²) in [7, 11) is 3.14. The monoisotopic (exact) mass is 405 g/mol. The van der Waals surface area contributed by atoms with E-state index in [-0.39, 0.29) is 6.03 Å². The molecule has 0 fully saturated rings. The summed E-state index contributed by atoms with van der Waals surface area (Å²) >= 11 is 1.49. The molecule has 2 N–H and O–H groups in total. The highest BCUT2D eigenvalue weighted by atomic mass is 32.1. The van der Waals surface area contributed by atoms with E-state index < -0.39 is 0 Å². The lowest BCUT2D eigenvalue weighted by molar-refractivity contribution is 0.262. The quantitative estimate of drug-likeness (QED) is 0.489. The topological polar surface area (TPSA) is 72.5 Å². The van der Waals surface area contributed by atoms with Crippen LogP contribution in [0.15, 0.2) is 42.5 Å². The van der Waals surface area contributed by atoms with Crippen LogP contribution in [0, 0.1) is 0 Å². The number of hydrogen-bond donors (Lipinski definition) is 2. The third-order valence-corrected chi connectivity index (χ3v) is 6.10. The van der Waals surface area contributed by atoms with Crippen molar-refractivity contribution in [2.24, 2.45) is 0 Å². The van der Waals surface area contributed by atoms with Crippen LogP contribution in [0.25, 0.3) is 21.0 Å². The van der Waals surface area contributed by atoms with Crippen molar-refractivity contribution < 1.29 is 14.3 Å². The number of amides is 2. The fourth-order valence-electron chi connectivity index (χ4n) is 3.90. The molecule has 0 saturated heterocycles. The van der Waals surface area contributed by atoms with E-state index in [1.165, 1.54) is 27.8 Å². The van der Waals surface area contributed by atoms with Gasteiger partial charge in [0.2, 0.25) is 0 Å². The molecule has 3 aromatic carbocycles. The van der Waals surface area contributed by atoms with Crippen molar-refractivity contribution >= 4 is 49.2 Å². The standard InChI is InChI=1S/C22H19N3O3S/c1-27-15-9-14(10-16(11-15)28-2)23-21(26)25-22-24-20-17-5-3-4-12-6-7-13(19(12)17)8-18(20)29-22/h3-5,8-11H,6-7H2,1-2H3,(H2,23,24,25,26). The van der Waals surface area contributed by atoms with Crippen LogP contribution in [0.2, 0.25) is 0 Å². The Bertz CT molecular complexity index is 1240. The Morgan fingerprint density at radius 2 is 1.76 bits per heavy atom. The van der Waals surface area contributed by atoms with Gasteiger partial charge in [-0.1, -0.05) is 29.5 Å². The van der Waals surface area contributed by atoms with Gasteiger partial charge in [-0.3, -0.25) is 5.32 Å². The average Bonchev–Trinajstić information content (AvgIpc) is 3.32. The number of fused-ring (bicyclic) bond motifs is 2. The third-order valence-electron chi connectivity index (χ3n) is 5.18. The molecule has 0 aliphatic heterocycles. The van der Waals surface area contributed by atoms with Crippen molar-refractivity contribution in [3.8, 4) is 11.5 Å². The molecular formula is C22H19N3O3S. The number of benzene rings is 3. The van der Waals surface area contributed by atoms with E-state index in [4.69, 9.17) is 14.5 Å². The van der Waals surface area contributed by atoms with Crippen molar-refractivity contribution in [1.29, 1.82) is 0 Å². The van der Waals surface area contributed by atoms with E-state index in [0.29, 0.717) is 22.3 Å². The second kappa shape index (κ2) is 6.93. The van der Waals surface area contributed by atoms with Gasteiger partial charge in [-0.25, -0.2) is 9.78 Å². The number of aromatic nitrogens is 1. The number of rotatable bonds is 4. The molecule has 1 aromatic heterocycles. The number of aryl methyl sites for hydroxylation is 2. The van der Waals surface area contributed by atoms with Gasteiger partial charge < -0.3 is 14.8 Å². The van der Waals surface area contributed by atoms with E-state index in [1.54, 1.807) is 32.4 Å². The summed E-state index contributed by atoms with van der Waals surface area (Å²) in [5, 5.41) is 8.71. The summed E-state index contributed by atoms with van der Waals surface area (Å²) in [5.41, 5.74) is 4.26. The van der Waals surface area contributed by atoms with E-state index in [1.807, 2.05) is 0 Å². The van der Waals surface area contributed by atoms with Crippen molar-refractivity contribution in [3.05, 3.63) is 53.6 Å². The summed E-state index contributed by atoms with van der Waals surface area (Å²) in [6.45, 7) is 0. The van der Waals surface area contributed by atoms with Gasteiger partial charge in [0.1, 0.15) is 11.5 Å². The van der Waals surface area contributed by atoms with Crippen LogP contribution in [-0.2, 0) is 12.8 Å². The van der Waals surface area contributed by atoms with Crippen LogP contribution in [0.4, 0.5) is 15.6 Å². The molecule has 0 spiro atoms. The number of methoxy groups -OCH3 is 2. The Morgan fingerprint density at radius 1 is 1.00 bits per heavy atom. The fraction of sp³-hybridized carbons (Fsp3) is 0.182. The summed E-state index contributed by atoms with van der Waals surface area (Å²) in [6.07, 6.45) is 2.14. The fourth-order valence-corrected chi connectivity index (χ4v) is 4.84. The van der Waals surface area contributed by atoms with Crippen LogP contribution in [0.1, 0.15) is 11.1 Å². The van der Waals surface area contributed by atoms with Crippen molar-refractivity contribution in [3.63, 3.8) is 0 Å². The van der Waals surface area contributed by atoms with Crippen LogP contribution >= 0.6 is 11.3 Å². The summed E-state index contributed by atoms with van der Waals surface area (Å²) in [6, 6.07) is 13.4. The molecular weight excluding hydrogens is 386 g/mol. The number of urea groups is 1. The number of carbonyl (C=O) groups is 1. The van der Waals surface area contributed by atoms with E-state index >= 15 is 0 Å². The van der Waals surface area contributed by atoms with Gasteiger partial charge in [0, 0.05) is 29.3 Å². The van der Waals surface area contributed by atoms with Crippen LogP contribution in [0.3, 0.4) is 0 Å². The summed E-state index contributed by atoms with van der Waals surface area (Å²) in [4.78, 5) is 17.2. The molecule has 4 aromatic rings. The Labute approximate surface area is 171 Å². The molecule has 0 saturated carbocycles. The highest BCUT2D eigenvalue weighted by Crippen LogP contribution is 2.39. The molecule has 0 bridgehead atoms. The molecule has 0 unspecified atom stereocenters. The second-order valence-corrected chi connectivity index (χ2v) is 7.95. The van der Waals surface area contributed by atoms with E-state index in [0.717, 1.165) is 28.4 Å². The first-order valence-electron chi connectivity index (χ1n) is 9.29. The van der Waals surface area contributed by atoms with Crippen LogP contribution in [-0.4, -0.2) is 25.2 Å². The van der Waals surface area contributed by atoms with Gasteiger partial charge in [-0.15, -0.1) is 0 Å².